The third-order valence-corrected chi connectivity index (χ3v) is 10.7. The van der Waals surface area contributed by atoms with Gasteiger partial charge in [-0.3, -0.25) is 4.79 Å². The average molecular weight is 591 g/mol. The van der Waals surface area contributed by atoms with Gasteiger partial charge in [-0.1, -0.05) is 30.7 Å². The van der Waals surface area contributed by atoms with Gasteiger partial charge in [-0.2, -0.15) is 14.1 Å². The summed E-state index contributed by atoms with van der Waals surface area (Å²) in [6.45, 7) is 4.00. The lowest BCUT2D eigenvalue weighted by atomic mass is 10.2. The van der Waals surface area contributed by atoms with Crippen LogP contribution in [-0.4, -0.2) is 67.5 Å². The zero-order valence-electron chi connectivity index (χ0n) is 21.9. The Hall–Kier alpha value is -2.73. The van der Waals surface area contributed by atoms with E-state index in [2.05, 4.69) is 12.0 Å². The van der Waals surface area contributed by atoms with Crippen molar-refractivity contribution in [1.82, 2.24) is 14.1 Å². The van der Waals surface area contributed by atoms with Crippen LogP contribution >= 0.6 is 23.4 Å². The Morgan fingerprint density at radius 1 is 1.08 bits per heavy atom. The summed E-state index contributed by atoms with van der Waals surface area (Å²) >= 11 is 7.41. The number of anilines is 1. The molecular formula is C27H31ClN4O5S2. The van der Waals surface area contributed by atoms with Gasteiger partial charge in [-0.15, -0.1) is 11.8 Å². The van der Waals surface area contributed by atoms with E-state index in [9.17, 15) is 13.2 Å². The molecule has 2 fully saturated rings. The van der Waals surface area contributed by atoms with Crippen molar-refractivity contribution in [1.29, 1.82) is 0 Å². The van der Waals surface area contributed by atoms with Crippen LogP contribution in [-0.2, 0) is 10.0 Å². The summed E-state index contributed by atoms with van der Waals surface area (Å²) in [5.74, 6) is 0.911. The van der Waals surface area contributed by atoms with E-state index in [1.807, 2.05) is 29.2 Å². The van der Waals surface area contributed by atoms with Crippen LogP contribution in [0.2, 0.25) is 5.02 Å². The summed E-state index contributed by atoms with van der Waals surface area (Å²) in [6.07, 6.45) is 3.73. The quantitative estimate of drug-likeness (QED) is 0.323. The topological polar surface area (TPSA) is 94.0 Å². The van der Waals surface area contributed by atoms with Crippen molar-refractivity contribution >= 4 is 39.1 Å². The highest BCUT2D eigenvalue weighted by Gasteiger charge is 2.39. The monoisotopic (exact) mass is 590 g/mol. The molecule has 1 saturated heterocycles. The second-order valence-electron chi connectivity index (χ2n) is 10.1. The third kappa shape index (κ3) is 6.54. The van der Waals surface area contributed by atoms with Crippen molar-refractivity contribution in [2.24, 2.45) is 5.41 Å². The Kier molecular flexibility index (Phi) is 8.14. The Bertz CT molecular complexity index is 1500. The van der Waals surface area contributed by atoms with E-state index in [0.717, 1.165) is 17.7 Å². The molecule has 0 unspecified atom stereocenters. The van der Waals surface area contributed by atoms with Gasteiger partial charge in [0.05, 0.1) is 25.6 Å². The number of hydrogen-bond donors (Lipinski definition) is 0. The predicted octanol–water partition coefficient (Wildman–Crippen LogP) is 4.28. The van der Waals surface area contributed by atoms with Crippen LogP contribution in [0.5, 0.6) is 11.5 Å². The molecule has 1 saturated carbocycles. The van der Waals surface area contributed by atoms with Crippen molar-refractivity contribution < 1.29 is 17.9 Å². The van der Waals surface area contributed by atoms with E-state index in [0.29, 0.717) is 54.9 Å². The van der Waals surface area contributed by atoms with E-state index < -0.39 is 10.0 Å². The van der Waals surface area contributed by atoms with Crippen LogP contribution < -0.4 is 19.9 Å². The van der Waals surface area contributed by atoms with Crippen molar-refractivity contribution in [2.45, 2.75) is 24.7 Å². The SMILES string of the molecule is COc1cccc(SCS(=O)(=O)N2CCN(c3cnn(-c4cccc(Cl)c4)c(=O)c3OCC3(C)CC3)CC2)c1. The molecule has 2 heterocycles. The number of rotatable bonds is 10. The van der Waals surface area contributed by atoms with Gasteiger partial charge >= 0.3 is 5.56 Å². The number of hydrogen-bond acceptors (Lipinski definition) is 8. The average Bonchev–Trinajstić information content (AvgIpc) is 3.68. The third-order valence-electron chi connectivity index (χ3n) is 7.02. The highest BCUT2D eigenvalue weighted by molar-refractivity contribution is 8.11. The molecule has 12 heteroatoms. The first-order chi connectivity index (χ1) is 18.7. The Balaban J connectivity index is 1.31. The second kappa shape index (κ2) is 11.4. The molecule has 1 aliphatic heterocycles. The normalized spacial score (nSPS) is 17.2. The van der Waals surface area contributed by atoms with Crippen LogP contribution in [0.15, 0.2) is 64.4 Å². The van der Waals surface area contributed by atoms with Crippen molar-refractivity contribution in [3.05, 3.63) is 70.1 Å². The minimum atomic E-state index is -3.49. The fraction of sp³-hybridized carbons (Fsp3) is 0.407. The number of piperazine rings is 1. The van der Waals surface area contributed by atoms with E-state index in [1.165, 1.54) is 20.7 Å². The molecule has 0 atom stereocenters. The Morgan fingerprint density at radius 2 is 1.82 bits per heavy atom. The minimum absolute atomic E-state index is 0.0651. The van der Waals surface area contributed by atoms with Gasteiger partial charge < -0.3 is 14.4 Å². The van der Waals surface area contributed by atoms with E-state index in [-0.39, 0.29) is 21.8 Å². The van der Waals surface area contributed by atoms with Gasteiger partial charge in [0.25, 0.3) is 0 Å². The molecule has 0 N–H and O–H groups in total. The van der Waals surface area contributed by atoms with Gasteiger partial charge in [-0.25, -0.2) is 8.42 Å². The van der Waals surface area contributed by atoms with Crippen LogP contribution in [0.4, 0.5) is 5.69 Å². The molecule has 9 nitrogen and oxygen atoms in total. The van der Waals surface area contributed by atoms with Crippen LogP contribution in [0.3, 0.4) is 0 Å². The number of benzene rings is 2. The van der Waals surface area contributed by atoms with Gasteiger partial charge in [0.1, 0.15) is 16.5 Å². The molecule has 0 radical (unpaired) electrons. The molecule has 0 bridgehead atoms. The molecule has 0 amide bonds. The van der Waals surface area contributed by atoms with Gasteiger partial charge in [0.2, 0.25) is 15.8 Å². The maximum absolute atomic E-state index is 13.6. The Morgan fingerprint density at radius 3 is 2.51 bits per heavy atom. The maximum Gasteiger partial charge on any atom is 0.316 e. The lowest BCUT2D eigenvalue weighted by molar-refractivity contribution is 0.242. The van der Waals surface area contributed by atoms with E-state index in [1.54, 1.807) is 37.6 Å². The first kappa shape index (κ1) is 27.8. The molecule has 2 aliphatic rings. The number of sulfonamides is 1. The summed E-state index contributed by atoms with van der Waals surface area (Å²) in [4.78, 5) is 16.4. The van der Waals surface area contributed by atoms with Gasteiger partial charge in [-0.05, 0) is 49.2 Å². The van der Waals surface area contributed by atoms with Crippen molar-refractivity contribution in [3.8, 4) is 17.2 Å². The predicted molar refractivity (Wildman–Crippen MR) is 154 cm³/mol. The number of nitrogens with zero attached hydrogens (tertiary/aromatic N) is 4. The zero-order valence-corrected chi connectivity index (χ0v) is 24.3. The highest BCUT2D eigenvalue weighted by Crippen LogP contribution is 2.45. The second-order valence-corrected chi connectivity index (χ2v) is 13.9. The lowest BCUT2D eigenvalue weighted by Gasteiger charge is -2.35. The van der Waals surface area contributed by atoms with Gasteiger partial charge in [0.15, 0.2) is 0 Å². The molecule has 3 aromatic rings. The van der Waals surface area contributed by atoms with Gasteiger partial charge in [0, 0.05) is 41.5 Å². The molecule has 5 rings (SSSR count). The number of methoxy groups -OCH3 is 1. The lowest BCUT2D eigenvalue weighted by Crippen LogP contribution is -2.49. The van der Waals surface area contributed by atoms with Crippen LogP contribution in [0, 0.1) is 5.41 Å². The fourth-order valence-corrected chi connectivity index (χ4v) is 7.32. The molecule has 1 aliphatic carbocycles. The summed E-state index contributed by atoms with van der Waals surface area (Å²) < 4.78 is 40.3. The van der Waals surface area contributed by atoms with Crippen LogP contribution in [0.1, 0.15) is 19.8 Å². The number of ether oxygens (including phenoxy) is 2. The zero-order chi connectivity index (χ0) is 27.6. The van der Waals surface area contributed by atoms with Crippen molar-refractivity contribution in [2.75, 3.05) is 49.9 Å². The molecule has 208 valence electrons. The first-order valence-electron chi connectivity index (χ1n) is 12.7. The Labute approximate surface area is 237 Å². The smallest absolute Gasteiger partial charge is 0.316 e. The molecule has 0 spiro atoms. The van der Waals surface area contributed by atoms with Crippen LogP contribution in [0.25, 0.3) is 5.69 Å². The maximum atomic E-state index is 13.6. The van der Waals surface area contributed by atoms with Crippen molar-refractivity contribution in [3.63, 3.8) is 0 Å². The minimum Gasteiger partial charge on any atom is -0.497 e. The first-order valence-corrected chi connectivity index (χ1v) is 15.7. The largest absolute Gasteiger partial charge is 0.497 e. The van der Waals surface area contributed by atoms with E-state index in [4.69, 9.17) is 21.1 Å². The summed E-state index contributed by atoms with van der Waals surface area (Å²) in [5.41, 5.74) is 0.821. The summed E-state index contributed by atoms with van der Waals surface area (Å²) in [7, 11) is -1.91. The summed E-state index contributed by atoms with van der Waals surface area (Å²) in [5, 5.41) is 4.84. The number of halogens is 1. The van der Waals surface area contributed by atoms with E-state index >= 15 is 0 Å². The molecule has 39 heavy (non-hydrogen) atoms. The number of thioether (sulfide) groups is 1. The highest BCUT2D eigenvalue weighted by atomic mass is 35.5. The molecule has 1 aromatic heterocycles. The molecule has 2 aromatic carbocycles. The molecular weight excluding hydrogens is 560 g/mol. The standard InChI is InChI=1S/C27H31ClN4O5S2/c1-27(9-10-27)18-37-25-24(17-29-32(26(25)33)21-6-3-5-20(28)15-21)30-11-13-31(14-12-30)39(34,35)19-38-23-8-4-7-22(16-23)36-2/h3-8,15-17H,9-14,18-19H2,1-2H3. The summed E-state index contributed by atoms with van der Waals surface area (Å²) in [6, 6.07) is 14.3. The number of aromatic nitrogens is 2. The fourth-order valence-electron chi connectivity index (χ4n) is 4.30.